The maximum absolute atomic E-state index is 12.9. The average molecular weight is 635 g/mol. The molecule has 0 atom stereocenters. The summed E-state index contributed by atoms with van der Waals surface area (Å²) in [5.74, 6) is -0.744. The number of allylic oxidation sites excluding steroid dienone is 1. The number of amides is 1. The van der Waals surface area contributed by atoms with Crippen LogP contribution in [0, 0.1) is 5.41 Å². The van der Waals surface area contributed by atoms with E-state index in [1.54, 1.807) is 18.2 Å². The smallest absolute Gasteiger partial charge is 0.283 e. The Bertz CT molecular complexity index is 1770. The lowest BCUT2D eigenvalue weighted by Gasteiger charge is -2.39. The lowest BCUT2D eigenvalue weighted by molar-refractivity contribution is 0.0977. The molecule has 0 saturated carbocycles. The van der Waals surface area contributed by atoms with Gasteiger partial charge in [0.1, 0.15) is 10.5 Å². The molecule has 1 saturated heterocycles. The lowest BCUT2D eigenvalue weighted by atomic mass is 9.72. The highest BCUT2D eigenvalue weighted by molar-refractivity contribution is 7.90. The first-order chi connectivity index (χ1) is 20.6. The number of fused-ring (bicyclic) bond motifs is 1. The van der Waals surface area contributed by atoms with Crippen molar-refractivity contribution >= 4 is 60.3 Å². The van der Waals surface area contributed by atoms with Crippen molar-refractivity contribution in [2.45, 2.75) is 38.0 Å². The third-order valence-corrected chi connectivity index (χ3v) is 10.9. The minimum Gasteiger partial charge on any atom is -0.369 e. The van der Waals surface area contributed by atoms with Crippen LogP contribution in [0.25, 0.3) is 15.8 Å². The zero-order valence-electron chi connectivity index (χ0n) is 24.3. The van der Waals surface area contributed by atoms with Gasteiger partial charge in [-0.25, -0.2) is 18.1 Å². The number of pyridine rings is 1. The Morgan fingerprint density at radius 3 is 2.42 bits per heavy atom. The van der Waals surface area contributed by atoms with E-state index in [0.29, 0.717) is 4.83 Å². The fourth-order valence-corrected chi connectivity index (χ4v) is 7.79. The van der Waals surface area contributed by atoms with Gasteiger partial charge in [0.15, 0.2) is 0 Å². The van der Waals surface area contributed by atoms with Crippen LogP contribution in [0.2, 0.25) is 5.02 Å². The van der Waals surface area contributed by atoms with Gasteiger partial charge in [0.25, 0.3) is 15.9 Å². The molecule has 0 spiro atoms. The molecule has 1 fully saturated rings. The quantitative estimate of drug-likeness (QED) is 0.239. The maximum atomic E-state index is 12.9. The summed E-state index contributed by atoms with van der Waals surface area (Å²) >= 11 is 7.57. The van der Waals surface area contributed by atoms with Gasteiger partial charge in [-0.05, 0) is 95.8 Å². The molecule has 1 aliphatic heterocycles. The van der Waals surface area contributed by atoms with Crippen molar-refractivity contribution in [1.82, 2.24) is 14.6 Å². The number of nitrogens with zero attached hydrogens (tertiary/aromatic N) is 3. The number of carbonyl (C=O) groups excluding carboxylic acids is 1. The fourth-order valence-electron chi connectivity index (χ4n) is 5.94. The molecular weight excluding hydrogens is 600 g/mol. The topological polar surface area (TPSA) is 82.6 Å². The summed E-state index contributed by atoms with van der Waals surface area (Å²) in [6.07, 6.45) is 3.37. The molecule has 3 heterocycles. The normalized spacial score (nSPS) is 17.8. The summed E-state index contributed by atoms with van der Waals surface area (Å²) in [5.41, 5.74) is 5.59. The van der Waals surface area contributed by atoms with Crippen LogP contribution >= 0.6 is 22.9 Å². The van der Waals surface area contributed by atoms with E-state index in [9.17, 15) is 13.2 Å². The van der Waals surface area contributed by atoms with Gasteiger partial charge in [-0.15, -0.1) is 11.3 Å². The molecular formula is C33H35ClN4O3S2. The lowest BCUT2D eigenvalue weighted by Crippen LogP contribution is -2.47. The standard InChI is InChI=1S/C33H35ClN4O3S2/c1-33(2)15-13-25(29(21-33)23-3-6-26(34)7-4-23)22-37-16-18-38(19-17-37)27-8-10-28(11-9-27)43(40,41)36-31(39)30-12-5-24-14-20-42-32(24)35-30/h3-12,14,20H,13,15-19,21-22H2,1-2H3,(H,36,39). The van der Waals surface area contributed by atoms with Crippen molar-refractivity contribution in [3.63, 3.8) is 0 Å². The Morgan fingerprint density at radius 1 is 0.977 bits per heavy atom. The number of nitrogens with one attached hydrogen (secondary N) is 1. The Morgan fingerprint density at radius 2 is 1.70 bits per heavy atom. The Labute approximate surface area is 262 Å². The molecule has 43 heavy (non-hydrogen) atoms. The monoisotopic (exact) mass is 634 g/mol. The second-order valence-corrected chi connectivity index (χ2v) is 15.1. The fraction of sp³-hybridized carbons (Fsp3) is 0.333. The van der Waals surface area contributed by atoms with E-state index >= 15 is 0 Å². The van der Waals surface area contributed by atoms with Crippen LogP contribution in [-0.4, -0.2) is 56.9 Å². The predicted molar refractivity (Wildman–Crippen MR) is 175 cm³/mol. The highest BCUT2D eigenvalue weighted by Gasteiger charge is 2.29. The van der Waals surface area contributed by atoms with Crippen molar-refractivity contribution in [2.24, 2.45) is 5.41 Å². The second-order valence-electron chi connectivity index (χ2n) is 12.1. The summed E-state index contributed by atoms with van der Waals surface area (Å²) in [6.45, 7) is 9.24. The first kappa shape index (κ1) is 29.8. The molecule has 0 radical (unpaired) electrons. The molecule has 1 amide bonds. The third-order valence-electron chi connectivity index (χ3n) is 8.45. The van der Waals surface area contributed by atoms with Crippen LogP contribution in [0.3, 0.4) is 0 Å². The first-order valence-corrected chi connectivity index (χ1v) is 17.3. The van der Waals surface area contributed by atoms with Crippen LogP contribution in [0.5, 0.6) is 0 Å². The van der Waals surface area contributed by atoms with Gasteiger partial charge in [0.2, 0.25) is 0 Å². The van der Waals surface area contributed by atoms with Crippen LogP contribution < -0.4 is 9.62 Å². The van der Waals surface area contributed by atoms with E-state index in [1.165, 1.54) is 40.5 Å². The number of carbonyl (C=O) groups is 1. The molecule has 10 heteroatoms. The van der Waals surface area contributed by atoms with Crippen LogP contribution in [-0.2, 0) is 10.0 Å². The minimum absolute atomic E-state index is 0.0438. The van der Waals surface area contributed by atoms with Gasteiger partial charge in [-0.1, -0.05) is 43.2 Å². The molecule has 1 N–H and O–H groups in total. The number of halogens is 1. The van der Waals surface area contributed by atoms with E-state index in [1.807, 2.05) is 35.7 Å². The maximum Gasteiger partial charge on any atom is 0.283 e. The molecule has 0 unspecified atom stereocenters. The van der Waals surface area contributed by atoms with E-state index in [2.05, 4.69) is 45.5 Å². The summed E-state index contributed by atoms with van der Waals surface area (Å²) in [7, 11) is -4.03. The van der Waals surface area contributed by atoms with Crippen molar-refractivity contribution in [3.8, 4) is 0 Å². The zero-order valence-corrected chi connectivity index (χ0v) is 26.7. The number of hydrogen-bond donors (Lipinski definition) is 1. The van der Waals surface area contributed by atoms with Gasteiger partial charge in [0, 0.05) is 48.8 Å². The van der Waals surface area contributed by atoms with E-state index < -0.39 is 15.9 Å². The predicted octanol–water partition coefficient (Wildman–Crippen LogP) is 6.85. The number of thiophene rings is 1. The highest BCUT2D eigenvalue weighted by atomic mass is 35.5. The number of hydrogen-bond acceptors (Lipinski definition) is 7. The van der Waals surface area contributed by atoms with E-state index in [4.69, 9.17) is 11.6 Å². The largest absolute Gasteiger partial charge is 0.369 e. The number of rotatable bonds is 7. The summed E-state index contributed by atoms with van der Waals surface area (Å²) in [5, 5.41) is 3.56. The molecule has 2 aromatic heterocycles. The van der Waals surface area contributed by atoms with Gasteiger partial charge in [-0.2, -0.15) is 0 Å². The molecule has 0 bridgehead atoms. The highest BCUT2D eigenvalue weighted by Crippen LogP contribution is 2.43. The average Bonchev–Trinajstić information content (AvgIpc) is 3.47. The van der Waals surface area contributed by atoms with Gasteiger partial charge >= 0.3 is 0 Å². The van der Waals surface area contributed by atoms with Crippen molar-refractivity contribution in [2.75, 3.05) is 37.6 Å². The summed E-state index contributed by atoms with van der Waals surface area (Å²) in [6, 6.07) is 20.2. The minimum atomic E-state index is -4.03. The third kappa shape index (κ3) is 6.80. The summed E-state index contributed by atoms with van der Waals surface area (Å²) < 4.78 is 28.1. The van der Waals surface area contributed by atoms with Crippen LogP contribution in [0.4, 0.5) is 5.69 Å². The molecule has 224 valence electrons. The molecule has 4 aromatic rings. The number of benzene rings is 2. The zero-order chi connectivity index (χ0) is 30.2. The first-order valence-electron chi connectivity index (χ1n) is 14.5. The molecule has 2 aliphatic rings. The van der Waals surface area contributed by atoms with Crippen molar-refractivity contribution < 1.29 is 13.2 Å². The van der Waals surface area contributed by atoms with E-state index in [0.717, 1.165) is 61.7 Å². The molecule has 2 aromatic carbocycles. The van der Waals surface area contributed by atoms with Crippen LogP contribution in [0.1, 0.15) is 49.2 Å². The molecule has 7 nitrogen and oxygen atoms in total. The Balaban J connectivity index is 1.08. The Kier molecular flexibility index (Phi) is 8.35. The number of aromatic nitrogens is 1. The molecule has 1 aliphatic carbocycles. The van der Waals surface area contributed by atoms with Crippen molar-refractivity contribution in [1.29, 1.82) is 0 Å². The summed E-state index contributed by atoms with van der Waals surface area (Å²) in [4.78, 5) is 22.5. The molecule has 6 rings (SSSR count). The SMILES string of the molecule is CC1(C)CCC(CN2CCN(c3ccc(S(=O)(=O)NC(=O)c4ccc5ccsc5n4)cc3)CC2)=C(c2ccc(Cl)cc2)C1. The van der Waals surface area contributed by atoms with Gasteiger partial charge in [0.05, 0.1) is 4.90 Å². The van der Waals surface area contributed by atoms with Crippen molar-refractivity contribution in [3.05, 3.63) is 94.0 Å². The second kappa shape index (κ2) is 12.0. The number of piperazine rings is 1. The van der Waals surface area contributed by atoms with Gasteiger partial charge in [-0.3, -0.25) is 9.69 Å². The van der Waals surface area contributed by atoms with E-state index in [-0.39, 0.29) is 16.0 Å². The number of sulfonamides is 1. The van der Waals surface area contributed by atoms with Gasteiger partial charge < -0.3 is 4.90 Å². The van der Waals surface area contributed by atoms with Crippen LogP contribution in [0.15, 0.2) is 82.6 Å². The number of anilines is 1. The Hall–Kier alpha value is -3.24.